The summed E-state index contributed by atoms with van der Waals surface area (Å²) in [4.78, 5) is 38.3. The molecule has 6 heteroatoms. The number of rotatable bonds is 4. The number of hydrogen-bond acceptors (Lipinski definition) is 3. The average molecular weight is 345 g/mol. The van der Waals surface area contributed by atoms with Crippen LogP contribution in [0.2, 0.25) is 0 Å². The molecular weight excluding hydrogens is 318 g/mol. The minimum atomic E-state index is -1.12. The van der Waals surface area contributed by atoms with Crippen LogP contribution < -0.4 is 10.6 Å². The van der Waals surface area contributed by atoms with Crippen molar-refractivity contribution in [1.82, 2.24) is 4.90 Å². The molecule has 0 aliphatic carbocycles. The SMILES string of the molecule is CC(=O)Nc1ccc(NC(=O)C(C)(C)C(=O)N2CCCCCC2)cc1. The van der Waals surface area contributed by atoms with Crippen LogP contribution >= 0.6 is 0 Å². The highest BCUT2D eigenvalue weighted by molar-refractivity contribution is 6.09. The molecule has 6 nitrogen and oxygen atoms in total. The van der Waals surface area contributed by atoms with E-state index in [0.29, 0.717) is 11.4 Å². The van der Waals surface area contributed by atoms with Crippen LogP contribution in [0.1, 0.15) is 46.5 Å². The van der Waals surface area contributed by atoms with E-state index in [-0.39, 0.29) is 17.7 Å². The summed E-state index contributed by atoms with van der Waals surface area (Å²) in [5, 5.41) is 5.47. The number of amides is 3. The van der Waals surface area contributed by atoms with Gasteiger partial charge in [0.15, 0.2) is 0 Å². The van der Waals surface area contributed by atoms with Gasteiger partial charge in [0.1, 0.15) is 5.41 Å². The predicted molar refractivity (Wildman–Crippen MR) is 98.2 cm³/mol. The van der Waals surface area contributed by atoms with E-state index in [2.05, 4.69) is 10.6 Å². The molecule has 25 heavy (non-hydrogen) atoms. The quantitative estimate of drug-likeness (QED) is 0.823. The Morgan fingerprint density at radius 3 is 1.84 bits per heavy atom. The Bertz CT molecular complexity index is 630. The maximum Gasteiger partial charge on any atom is 0.239 e. The molecule has 0 unspecified atom stereocenters. The van der Waals surface area contributed by atoms with Gasteiger partial charge in [-0.2, -0.15) is 0 Å². The van der Waals surface area contributed by atoms with Gasteiger partial charge in [0, 0.05) is 31.4 Å². The van der Waals surface area contributed by atoms with E-state index in [0.717, 1.165) is 38.8 Å². The molecular formula is C19H27N3O3. The van der Waals surface area contributed by atoms with Crippen LogP contribution in [0.3, 0.4) is 0 Å². The summed E-state index contributed by atoms with van der Waals surface area (Å²) in [5.74, 6) is -0.600. The highest BCUT2D eigenvalue weighted by Gasteiger charge is 2.39. The number of nitrogens with one attached hydrogen (secondary N) is 2. The molecule has 2 N–H and O–H groups in total. The van der Waals surface area contributed by atoms with Crippen molar-refractivity contribution in [3.63, 3.8) is 0 Å². The van der Waals surface area contributed by atoms with Crippen molar-refractivity contribution in [1.29, 1.82) is 0 Å². The van der Waals surface area contributed by atoms with Gasteiger partial charge in [-0.05, 0) is 51.0 Å². The minimum absolute atomic E-state index is 0.123. The monoisotopic (exact) mass is 345 g/mol. The molecule has 3 amide bonds. The van der Waals surface area contributed by atoms with E-state index in [1.807, 2.05) is 4.90 Å². The first-order valence-electron chi connectivity index (χ1n) is 8.79. The lowest BCUT2D eigenvalue weighted by Gasteiger charge is -2.30. The van der Waals surface area contributed by atoms with E-state index in [1.54, 1.807) is 38.1 Å². The molecule has 1 heterocycles. The first-order chi connectivity index (χ1) is 11.8. The van der Waals surface area contributed by atoms with E-state index >= 15 is 0 Å². The van der Waals surface area contributed by atoms with Gasteiger partial charge < -0.3 is 15.5 Å². The van der Waals surface area contributed by atoms with Gasteiger partial charge in [0.25, 0.3) is 0 Å². The normalized spacial score (nSPS) is 15.2. The summed E-state index contributed by atoms with van der Waals surface area (Å²) < 4.78 is 0. The van der Waals surface area contributed by atoms with E-state index < -0.39 is 5.41 Å². The second-order valence-corrected chi connectivity index (χ2v) is 7.04. The molecule has 2 rings (SSSR count). The molecule has 1 aliphatic rings. The number of carbonyl (C=O) groups excluding carboxylic acids is 3. The van der Waals surface area contributed by atoms with E-state index in [1.165, 1.54) is 6.92 Å². The Hall–Kier alpha value is -2.37. The van der Waals surface area contributed by atoms with Crippen molar-refractivity contribution in [2.75, 3.05) is 23.7 Å². The highest BCUT2D eigenvalue weighted by Crippen LogP contribution is 2.24. The van der Waals surface area contributed by atoms with Crippen molar-refractivity contribution in [2.45, 2.75) is 46.5 Å². The van der Waals surface area contributed by atoms with Gasteiger partial charge in [0.2, 0.25) is 17.7 Å². The number of carbonyl (C=O) groups is 3. The maximum atomic E-state index is 12.8. The third-order valence-electron chi connectivity index (χ3n) is 4.46. The number of nitrogens with zero attached hydrogens (tertiary/aromatic N) is 1. The zero-order valence-electron chi connectivity index (χ0n) is 15.2. The van der Waals surface area contributed by atoms with Crippen LogP contribution in [0.15, 0.2) is 24.3 Å². The fourth-order valence-corrected chi connectivity index (χ4v) is 2.89. The van der Waals surface area contributed by atoms with Gasteiger partial charge >= 0.3 is 0 Å². The molecule has 1 aromatic rings. The van der Waals surface area contributed by atoms with Crippen molar-refractivity contribution in [2.24, 2.45) is 5.41 Å². The third kappa shape index (κ3) is 5.05. The Morgan fingerprint density at radius 2 is 1.36 bits per heavy atom. The number of benzene rings is 1. The molecule has 0 spiro atoms. The fraction of sp³-hybridized carbons (Fsp3) is 0.526. The summed E-state index contributed by atoms with van der Waals surface area (Å²) in [7, 11) is 0. The summed E-state index contributed by atoms with van der Waals surface area (Å²) in [6.45, 7) is 6.22. The number of likely N-dealkylation sites (tertiary alicyclic amines) is 1. The molecule has 1 saturated heterocycles. The second kappa shape index (κ2) is 8.14. The van der Waals surface area contributed by atoms with Gasteiger partial charge in [-0.25, -0.2) is 0 Å². The number of anilines is 2. The van der Waals surface area contributed by atoms with Crippen molar-refractivity contribution >= 4 is 29.1 Å². The average Bonchev–Trinajstić information content (AvgIpc) is 2.84. The molecule has 0 bridgehead atoms. The van der Waals surface area contributed by atoms with E-state index in [9.17, 15) is 14.4 Å². The molecule has 1 aliphatic heterocycles. The summed E-state index contributed by atoms with van der Waals surface area (Å²) in [5.41, 5.74) is 0.127. The van der Waals surface area contributed by atoms with Gasteiger partial charge in [-0.3, -0.25) is 14.4 Å². The molecule has 0 radical (unpaired) electrons. The lowest BCUT2D eigenvalue weighted by atomic mass is 9.90. The predicted octanol–water partition coefficient (Wildman–Crippen LogP) is 3.01. The minimum Gasteiger partial charge on any atom is -0.342 e. The molecule has 0 saturated carbocycles. The largest absolute Gasteiger partial charge is 0.342 e. The van der Waals surface area contributed by atoms with Crippen LogP contribution in [-0.4, -0.2) is 35.7 Å². The topological polar surface area (TPSA) is 78.5 Å². The van der Waals surface area contributed by atoms with Crippen LogP contribution in [0.4, 0.5) is 11.4 Å². The zero-order valence-corrected chi connectivity index (χ0v) is 15.2. The first kappa shape index (κ1) is 19.0. The van der Waals surface area contributed by atoms with Crippen LogP contribution in [-0.2, 0) is 14.4 Å². The molecule has 1 aromatic carbocycles. The number of hydrogen-bond donors (Lipinski definition) is 2. The summed E-state index contributed by atoms with van der Waals surface area (Å²) in [6, 6.07) is 6.83. The standard InChI is InChI=1S/C19H27N3O3/c1-14(23)20-15-8-10-16(11-9-15)21-17(24)19(2,3)18(25)22-12-6-4-5-7-13-22/h8-11H,4-7,12-13H2,1-3H3,(H,20,23)(H,21,24). The zero-order chi connectivity index (χ0) is 18.4. The van der Waals surface area contributed by atoms with Crippen molar-refractivity contribution in [3.05, 3.63) is 24.3 Å². The van der Waals surface area contributed by atoms with Gasteiger partial charge in [-0.1, -0.05) is 12.8 Å². The summed E-state index contributed by atoms with van der Waals surface area (Å²) >= 11 is 0. The molecule has 0 atom stereocenters. The van der Waals surface area contributed by atoms with Crippen molar-refractivity contribution < 1.29 is 14.4 Å². The Balaban J connectivity index is 2.02. The molecule has 1 fully saturated rings. The van der Waals surface area contributed by atoms with Crippen LogP contribution in [0.25, 0.3) is 0 Å². The highest BCUT2D eigenvalue weighted by atomic mass is 16.2. The fourth-order valence-electron chi connectivity index (χ4n) is 2.89. The van der Waals surface area contributed by atoms with Crippen molar-refractivity contribution in [3.8, 4) is 0 Å². The van der Waals surface area contributed by atoms with Gasteiger partial charge in [-0.15, -0.1) is 0 Å². The Kier molecular flexibility index (Phi) is 6.17. The third-order valence-corrected chi connectivity index (χ3v) is 4.46. The smallest absolute Gasteiger partial charge is 0.239 e. The van der Waals surface area contributed by atoms with Crippen LogP contribution in [0.5, 0.6) is 0 Å². The second-order valence-electron chi connectivity index (χ2n) is 7.04. The maximum absolute atomic E-state index is 12.8. The lowest BCUT2D eigenvalue weighted by Crippen LogP contribution is -2.47. The Labute approximate surface area is 149 Å². The lowest BCUT2D eigenvalue weighted by molar-refractivity contribution is -0.146. The van der Waals surface area contributed by atoms with E-state index in [4.69, 9.17) is 0 Å². The molecule has 136 valence electrons. The Morgan fingerprint density at radius 1 is 0.880 bits per heavy atom. The first-order valence-corrected chi connectivity index (χ1v) is 8.79. The van der Waals surface area contributed by atoms with Gasteiger partial charge in [0.05, 0.1) is 0 Å². The van der Waals surface area contributed by atoms with Crippen LogP contribution in [0, 0.1) is 5.41 Å². The molecule has 0 aromatic heterocycles. The summed E-state index contributed by atoms with van der Waals surface area (Å²) in [6.07, 6.45) is 4.26.